The first-order valence-corrected chi connectivity index (χ1v) is 4.26. The summed E-state index contributed by atoms with van der Waals surface area (Å²) in [5.41, 5.74) is 0.219. The summed E-state index contributed by atoms with van der Waals surface area (Å²) in [4.78, 5) is 0. The van der Waals surface area contributed by atoms with Gasteiger partial charge < -0.3 is 15.5 Å². The molecule has 0 unspecified atom stereocenters. The largest absolute Gasteiger partial charge is 0.857 e. The first kappa shape index (κ1) is 24.1. The number of hydrogen-bond donors (Lipinski definition) is 0. The van der Waals surface area contributed by atoms with Crippen molar-refractivity contribution < 1.29 is 36.1 Å². The summed E-state index contributed by atoms with van der Waals surface area (Å²) < 4.78 is 0. The van der Waals surface area contributed by atoms with E-state index in [1.807, 2.05) is 0 Å². The SMILES string of the molecule is CC(C)(C)[N-]C(C)(C)C.C[O-].C[O-].[Hf]. The molecule has 0 fully saturated rings. The molecule has 0 bridgehead atoms. The Labute approximate surface area is 108 Å². The van der Waals surface area contributed by atoms with Crippen LogP contribution in [0.1, 0.15) is 41.5 Å². The number of nitrogens with zero attached hydrogens (tertiary/aromatic N) is 1. The van der Waals surface area contributed by atoms with E-state index >= 15 is 0 Å². The third-order valence-electron chi connectivity index (χ3n) is 0.671. The number of rotatable bonds is 0. The summed E-state index contributed by atoms with van der Waals surface area (Å²) in [5, 5.41) is 21.0. The molecule has 0 rings (SSSR count). The van der Waals surface area contributed by atoms with Crippen molar-refractivity contribution in [1.82, 2.24) is 0 Å². The van der Waals surface area contributed by atoms with Crippen molar-refractivity contribution in [1.29, 1.82) is 0 Å². The Morgan fingerprint density at radius 1 is 0.643 bits per heavy atom. The second kappa shape index (κ2) is 11.8. The molecule has 0 N–H and O–H groups in total. The van der Waals surface area contributed by atoms with Gasteiger partial charge in [0.1, 0.15) is 0 Å². The molecule has 3 nitrogen and oxygen atoms in total. The minimum Gasteiger partial charge on any atom is -0.857 e. The van der Waals surface area contributed by atoms with E-state index in [4.69, 9.17) is 10.2 Å². The van der Waals surface area contributed by atoms with Gasteiger partial charge in [0.2, 0.25) is 0 Å². The fourth-order valence-corrected chi connectivity index (χ4v) is 1.01. The Kier molecular flexibility index (Phi) is 20.4. The third-order valence-corrected chi connectivity index (χ3v) is 0.671. The maximum atomic E-state index is 8.25. The van der Waals surface area contributed by atoms with Crippen molar-refractivity contribution in [3.05, 3.63) is 5.32 Å². The van der Waals surface area contributed by atoms with E-state index in [9.17, 15) is 0 Å². The molecule has 88 valence electrons. The van der Waals surface area contributed by atoms with Crippen LogP contribution in [0.25, 0.3) is 5.32 Å². The molecule has 0 atom stereocenters. The zero-order chi connectivity index (χ0) is 11.7. The Bertz CT molecular complexity index is 83.3. The molecule has 0 spiro atoms. The van der Waals surface area contributed by atoms with E-state index in [1.165, 1.54) is 0 Å². The topological polar surface area (TPSA) is 60.2 Å². The monoisotopic (exact) mass is 370 g/mol. The molecule has 0 saturated heterocycles. The number of hydrogen-bond acceptors (Lipinski definition) is 2. The van der Waals surface area contributed by atoms with Crippen molar-refractivity contribution in [2.45, 2.75) is 52.6 Å². The van der Waals surface area contributed by atoms with Gasteiger partial charge in [-0.15, -0.1) is 11.1 Å². The molecule has 0 radical (unpaired) electrons. The van der Waals surface area contributed by atoms with Crippen molar-refractivity contribution in [2.75, 3.05) is 14.2 Å². The van der Waals surface area contributed by atoms with E-state index in [-0.39, 0.29) is 36.9 Å². The predicted molar refractivity (Wildman–Crippen MR) is 54.7 cm³/mol. The van der Waals surface area contributed by atoms with Gasteiger partial charge in [-0.1, -0.05) is 41.5 Å². The molecule has 4 heteroatoms. The van der Waals surface area contributed by atoms with Gasteiger partial charge in [-0.25, -0.2) is 0 Å². The molecule has 0 amide bonds. The predicted octanol–water partition coefficient (Wildman–Crippen LogP) is 0.908. The van der Waals surface area contributed by atoms with Crippen LogP contribution in [0.4, 0.5) is 0 Å². The van der Waals surface area contributed by atoms with E-state index in [0.29, 0.717) is 0 Å². The smallest absolute Gasteiger partial charge is 0 e. The summed E-state index contributed by atoms with van der Waals surface area (Å²) in [6.07, 6.45) is 0. The van der Waals surface area contributed by atoms with Gasteiger partial charge in [-0.2, -0.15) is 14.2 Å². The quantitative estimate of drug-likeness (QED) is 0.597. The fraction of sp³-hybridized carbons (Fsp3) is 1.00. The van der Waals surface area contributed by atoms with E-state index in [2.05, 4.69) is 46.9 Å². The molecular weight excluding hydrogens is 345 g/mol. The maximum Gasteiger partial charge on any atom is 0 e. The summed E-state index contributed by atoms with van der Waals surface area (Å²) in [7, 11) is 1.50. The minimum absolute atomic E-state index is 0. The average molecular weight is 369 g/mol. The van der Waals surface area contributed by atoms with Crippen LogP contribution in [0.3, 0.4) is 0 Å². The van der Waals surface area contributed by atoms with E-state index in [1.54, 1.807) is 0 Å². The molecule has 0 aliphatic rings. The van der Waals surface area contributed by atoms with Crippen LogP contribution in [-0.2, 0) is 25.8 Å². The maximum absolute atomic E-state index is 8.25. The first-order valence-electron chi connectivity index (χ1n) is 4.26. The van der Waals surface area contributed by atoms with Crippen molar-refractivity contribution >= 4 is 0 Å². The van der Waals surface area contributed by atoms with Crippen LogP contribution in [-0.4, -0.2) is 25.3 Å². The van der Waals surface area contributed by atoms with Gasteiger partial charge in [-0.05, 0) is 0 Å². The molecular formula is C10H24HfNO2-3. The Balaban J connectivity index is -0.0000000883. The van der Waals surface area contributed by atoms with Gasteiger partial charge in [0.05, 0.1) is 0 Å². The molecule has 0 aliphatic carbocycles. The van der Waals surface area contributed by atoms with Gasteiger partial charge in [0.25, 0.3) is 0 Å². The summed E-state index contributed by atoms with van der Waals surface area (Å²) >= 11 is 0. The fourth-order valence-electron chi connectivity index (χ4n) is 1.01. The molecule has 0 heterocycles. The first-order chi connectivity index (χ1) is 5.71. The molecule has 14 heavy (non-hydrogen) atoms. The summed E-state index contributed by atoms with van der Waals surface area (Å²) in [6, 6.07) is 0. The van der Waals surface area contributed by atoms with Crippen LogP contribution in [0.5, 0.6) is 0 Å². The van der Waals surface area contributed by atoms with Crippen molar-refractivity contribution in [2.24, 2.45) is 0 Å². The molecule has 0 aromatic carbocycles. The Morgan fingerprint density at radius 2 is 0.786 bits per heavy atom. The zero-order valence-electron chi connectivity index (χ0n) is 10.8. The van der Waals surface area contributed by atoms with Crippen LogP contribution in [0.2, 0.25) is 0 Å². The van der Waals surface area contributed by atoms with Gasteiger partial charge in [-0.3, -0.25) is 0 Å². The second-order valence-electron chi connectivity index (χ2n) is 4.45. The average Bonchev–Trinajstić information content (AvgIpc) is 1.88. The van der Waals surface area contributed by atoms with Crippen LogP contribution >= 0.6 is 0 Å². The zero-order valence-corrected chi connectivity index (χ0v) is 14.4. The second-order valence-corrected chi connectivity index (χ2v) is 4.45. The van der Waals surface area contributed by atoms with E-state index < -0.39 is 0 Å². The van der Waals surface area contributed by atoms with Crippen molar-refractivity contribution in [3.8, 4) is 0 Å². The normalized spacial score (nSPS) is 9.86. The molecule has 0 saturated carbocycles. The van der Waals surface area contributed by atoms with Crippen LogP contribution in [0.15, 0.2) is 0 Å². The van der Waals surface area contributed by atoms with Gasteiger partial charge in [0.15, 0.2) is 0 Å². The molecule has 0 aliphatic heterocycles. The van der Waals surface area contributed by atoms with Crippen LogP contribution < -0.4 is 10.2 Å². The molecule has 0 aromatic heterocycles. The van der Waals surface area contributed by atoms with Crippen molar-refractivity contribution in [3.63, 3.8) is 0 Å². The standard InChI is InChI=1S/C8H18N.2CH3O.Hf/c1-7(2,3)9-8(4,5)6;2*1-2;/h1-6H3;2*1H3;/q3*-1;. The van der Waals surface area contributed by atoms with Gasteiger partial charge >= 0.3 is 0 Å². The third kappa shape index (κ3) is 38.6. The Hall–Kier alpha value is 0.750. The summed E-state index contributed by atoms with van der Waals surface area (Å²) in [6.45, 7) is 12.7. The Morgan fingerprint density at radius 3 is 0.786 bits per heavy atom. The van der Waals surface area contributed by atoms with E-state index in [0.717, 1.165) is 14.2 Å². The van der Waals surface area contributed by atoms with Crippen LogP contribution in [0, 0.1) is 0 Å². The van der Waals surface area contributed by atoms with Gasteiger partial charge in [0, 0.05) is 25.8 Å². The minimum atomic E-state index is 0. The molecule has 0 aromatic rings. The summed E-state index contributed by atoms with van der Waals surface area (Å²) in [5.74, 6) is 0.